The van der Waals surface area contributed by atoms with Crippen LogP contribution in [0.5, 0.6) is 11.6 Å². The number of imidazole rings is 1. The maximum atomic E-state index is 6.05. The molecule has 0 fully saturated rings. The fourth-order valence-corrected chi connectivity index (χ4v) is 2.16. The minimum atomic E-state index is 0.0378. The van der Waals surface area contributed by atoms with E-state index in [0.717, 1.165) is 0 Å². The Kier molecular flexibility index (Phi) is 3.29. The molecule has 9 heteroatoms. The molecule has 0 unspecified atom stereocenters. The summed E-state index contributed by atoms with van der Waals surface area (Å²) in [7, 11) is 0. The van der Waals surface area contributed by atoms with Crippen LogP contribution in [-0.2, 0) is 0 Å². The number of nitrogen functional groups attached to an aromatic ring is 1. The molecular weight excluding hydrogens is 325 g/mol. The van der Waals surface area contributed by atoms with Gasteiger partial charge in [0.1, 0.15) is 11.3 Å². The Labute approximate surface area is 127 Å². The molecule has 0 aliphatic rings. The van der Waals surface area contributed by atoms with Gasteiger partial charge in [0.2, 0.25) is 5.95 Å². The molecule has 0 amide bonds. The predicted octanol–water partition coefficient (Wildman–Crippen LogP) is 3.69. The van der Waals surface area contributed by atoms with Gasteiger partial charge in [-0.05, 0) is 6.07 Å². The van der Waals surface area contributed by atoms with E-state index in [9.17, 15) is 0 Å². The first kappa shape index (κ1) is 13.2. The van der Waals surface area contributed by atoms with E-state index in [0.29, 0.717) is 32.0 Å². The highest BCUT2D eigenvalue weighted by molar-refractivity contribution is 6.43. The number of rotatable bonds is 2. The third-order valence-electron chi connectivity index (χ3n) is 2.45. The van der Waals surface area contributed by atoms with Crippen molar-refractivity contribution in [3.63, 3.8) is 0 Å². The predicted molar refractivity (Wildman–Crippen MR) is 77.6 cm³/mol. The Morgan fingerprint density at radius 3 is 2.60 bits per heavy atom. The number of halogens is 3. The van der Waals surface area contributed by atoms with Crippen LogP contribution in [0.25, 0.3) is 11.2 Å². The normalized spacial score (nSPS) is 10.9. The highest BCUT2D eigenvalue weighted by Crippen LogP contribution is 2.37. The van der Waals surface area contributed by atoms with Crippen molar-refractivity contribution >= 4 is 51.9 Å². The Balaban J connectivity index is 2.09. The number of benzene rings is 1. The lowest BCUT2D eigenvalue weighted by Gasteiger charge is -2.08. The zero-order valence-electron chi connectivity index (χ0n) is 9.69. The fourth-order valence-electron chi connectivity index (χ4n) is 1.58. The molecule has 0 aliphatic carbocycles. The minimum absolute atomic E-state index is 0.0378. The molecule has 3 rings (SSSR count). The van der Waals surface area contributed by atoms with Crippen LogP contribution < -0.4 is 10.5 Å². The van der Waals surface area contributed by atoms with Crippen LogP contribution in [0.4, 0.5) is 5.95 Å². The molecule has 102 valence electrons. The Hall–Kier alpha value is -1.76. The van der Waals surface area contributed by atoms with E-state index in [4.69, 9.17) is 45.3 Å². The number of H-pyrrole nitrogens is 1. The van der Waals surface area contributed by atoms with Crippen molar-refractivity contribution in [3.05, 3.63) is 33.5 Å². The second-order valence-corrected chi connectivity index (χ2v) is 5.01. The van der Waals surface area contributed by atoms with Crippen LogP contribution in [0.3, 0.4) is 0 Å². The van der Waals surface area contributed by atoms with Crippen LogP contribution in [0, 0.1) is 0 Å². The van der Waals surface area contributed by atoms with Crippen molar-refractivity contribution in [1.29, 1.82) is 0 Å². The van der Waals surface area contributed by atoms with E-state index in [-0.39, 0.29) is 11.8 Å². The van der Waals surface area contributed by atoms with Gasteiger partial charge in [-0.1, -0.05) is 34.8 Å². The first-order valence-electron chi connectivity index (χ1n) is 5.33. The van der Waals surface area contributed by atoms with Gasteiger partial charge in [-0.2, -0.15) is 9.97 Å². The van der Waals surface area contributed by atoms with Crippen molar-refractivity contribution in [2.24, 2.45) is 0 Å². The standard InChI is InChI=1S/C11H6Cl3N5O/c12-4-1-6(14)7(2-5(4)13)20-10-8-9(17-3-16-8)18-11(15)19-10/h1-3H,(H3,15,16,17,18,19). The Bertz CT molecular complexity index is 804. The Morgan fingerprint density at radius 2 is 1.80 bits per heavy atom. The second kappa shape index (κ2) is 4.97. The van der Waals surface area contributed by atoms with Gasteiger partial charge in [-0.25, -0.2) is 4.98 Å². The third kappa shape index (κ3) is 2.33. The summed E-state index contributed by atoms with van der Waals surface area (Å²) in [6.45, 7) is 0. The number of fused-ring (bicyclic) bond motifs is 1. The van der Waals surface area contributed by atoms with Crippen LogP contribution in [0.2, 0.25) is 15.1 Å². The van der Waals surface area contributed by atoms with Crippen LogP contribution in [0.1, 0.15) is 0 Å². The van der Waals surface area contributed by atoms with E-state index < -0.39 is 0 Å². The molecule has 2 aromatic heterocycles. The van der Waals surface area contributed by atoms with Gasteiger partial charge in [-0.15, -0.1) is 0 Å². The number of nitrogens with two attached hydrogens (primary N) is 1. The monoisotopic (exact) mass is 329 g/mol. The van der Waals surface area contributed by atoms with Crippen molar-refractivity contribution in [3.8, 4) is 11.6 Å². The minimum Gasteiger partial charge on any atom is -0.435 e. The van der Waals surface area contributed by atoms with E-state index in [2.05, 4.69) is 19.9 Å². The number of nitrogens with one attached hydrogen (secondary N) is 1. The molecule has 1 aromatic carbocycles. The molecule has 20 heavy (non-hydrogen) atoms. The lowest BCUT2D eigenvalue weighted by atomic mass is 10.3. The molecule has 0 saturated heterocycles. The van der Waals surface area contributed by atoms with Gasteiger partial charge in [-0.3, -0.25) is 0 Å². The average molecular weight is 331 g/mol. The lowest BCUT2D eigenvalue weighted by molar-refractivity contribution is 0.468. The summed E-state index contributed by atoms with van der Waals surface area (Å²) in [6.07, 6.45) is 1.46. The third-order valence-corrected chi connectivity index (χ3v) is 3.47. The first-order valence-corrected chi connectivity index (χ1v) is 6.47. The number of ether oxygens (including phenoxy) is 1. The van der Waals surface area contributed by atoms with Crippen LogP contribution in [0.15, 0.2) is 18.5 Å². The van der Waals surface area contributed by atoms with E-state index in [1.54, 1.807) is 0 Å². The number of hydrogen-bond donors (Lipinski definition) is 2. The molecule has 0 bridgehead atoms. The average Bonchev–Trinajstić information content (AvgIpc) is 2.84. The lowest BCUT2D eigenvalue weighted by Crippen LogP contribution is -1.98. The smallest absolute Gasteiger partial charge is 0.250 e. The molecule has 6 nitrogen and oxygen atoms in total. The summed E-state index contributed by atoms with van der Waals surface area (Å²) in [5.74, 6) is 0.538. The maximum absolute atomic E-state index is 6.05. The van der Waals surface area contributed by atoms with E-state index in [1.807, 2.05) is 0 Å². The summed E-state index contributed by atoms with van der Waals surface area (Å²) in [6, 6.07) is 2.97. The highest BCUT2D eigenvalue weighted by Gasteiger charge is 2.14. The number of hydrogen-bond acceptors (Lipinski definition) is 5. The van der Waals surface area contributed by atoms with Crippen LogP contribution >= 0.6 is 34.8 Å². The summed E-state index contributed by atoms with van der Waals surface area (Å²) in [4.78, 5) is 14.8. The van der Waals surface area contributed by atoms with Crippen molar-refractivity contribution in [1.82, 2.24) is 19.9 Å². The maximum Gasteiger partial charge on any atom is 0.250 e. The number of anilines is 1. The summed E-state index contributed by atoms with van der Waals surface area (Å²) in [5, 5.41) is 0.941. The Morgan fingerprint density at radius 1 is 1.05 bits per heavy atom. The molecule has 0 radical (unpaired) electrons. The van der Waals surface area contributed by atoms with E-state index in [1.165, 1.54) is 18.5 Å². The number of aromatic amines is 1. The highest BCUT2D eigenvalue weighted by atomic mass is 35.5. The van der Waals surface area contributed by atoms with Crippen molar-refractivity contribution < 1.29 is 4.74 Å². The molecule has 0 spiro atoms. The molecule has 0 aliphatic heterocycles. The molecule has 0 atom stereocenters. The molecular formula is C11H6Cl3N5O. The SMILES string of the molecule is Nc1nc(Oc2cc(Cl)c(Cl)cc2Cl)c2[nH]cnc2n1. The second-order valence-electron chi connectivity index (χ2n) is 3.79. The topological polar surface area (TPSA) is 89.7 Å². The molecule has 3 aromatic rings. The van der Waals surface area contributed by atoms with Gasteiger partial charge in [0.15, 0.2) is 5.65 Å². The summed E-state index contributed by atoms with van der Waals surface area (Å²) >= 11 is 17.8. The van der Waals surface area contributed by atoms with Gasteiger partial charge >= 0.3 is 0 Å². The van der Waals surface area contributed by atoms with E-state index >= 15 is 0 Å². The zero-order chi connectivity index (χ0) is 14.3. The quantitative estimate of drug-likeness (QED) is 0.699. The first-order chi connectivity index (χ1) is 9.54. The van der Waals surface area contributed by atoms with Gasteiger partial charge < -0.3 is 15.5 Å². The van der Waals surface area contributed by atoms with Crippen molar-refractivity contribution in [2.75, 3.05) is 5.73 Å². The fraction of sp³-hybridized carbons (Fsp3) is 0. The number of nitrogens with zero attached hydrogens (tertiary/aromatic N) is 3. The molecule has 0 saturated carbocycles. The van der Waals surface area contributed by atoms with Crippen LogP contribution in [-0.4, -0.2) is 19.9 Å². The van der Waals surface area contributed by atoms with Gasteiger partial charge in [0.25, 0.3) is 5.88 Å². The zero-order valence-corrected chi connectivity index (χ0v) is 12.0. The van der Waals surface area contributed by atoms with Crippen molar-refractivity contribution in [2.45, 2.75) is 0 Å². The molecule has 3 N–H and O–H groups in total. The summed E-state index contributed by atoms with van der Waals surface area (Å²) < 4.78 is 5.62. The number of aromatic nitrogens is 4. The summed E-state index contributed by atoms with van der Waals surface area (Å²) in [5.41, 5.74) is 6.49. The van der Waals surface area contributed by atoms with Gasteiger partial charge in [0.05, 0.1) is 21.4 Å². The van der Waals surface area contributed by atoms with Gasteiger partial charge in [0, 0.05) is 6.07 Å². The largest absolute Gasteiger partial charge is 0.435 e. The molecule has 2 heterocycles.